The van der Waals surface area contributed by atoms with Crippen LogP contribution in [0.3, 0.4) is 0 Å². The number of likely N-dealkylation sites (N-methyl/N-ethyl adjacent to an activating group) is 1. The summed E-state index contributed by atoms with van der Waals surface area (Å²) in [6, 6.07) is 6.05. The van der Waals surface area contributed by atoms with Crippen LogP contribution in [0, 0.1) is 0 Å². The topological polar surface area (TPSA) is 60.4 Å². The number of methoxy groups -OCH3 is 2. The molecule has 0 fully saturated rings. The highest BCUT2D eigenvalue weighted by atomic mass is 16.7. The van der Waals surface area contributed by atoms with Gasteiger partial charge in [-0.05, 0) is 48.4 Å². The Labute approximate surface area is 151 Å². The summed E-state index contributed by atoms with van der Waals surface area (Å²) in [5.41, 5.74) is 5.23. The van der Waals surface area contributed by atoms with Gasteiger partial charge in [0.15, 0.2) is 23.0 Å². The summed E-state index contributed by atoms with van der Waals surface area (Å²) < 4.78 is 22.7. The van der Waals surface area contributed by atoms with E-state index in [9.17, 15) is 5.11 Å². The zero-order valence-electron chi connectivity index (χ0n) is 15.0. The van der Waals surface area contributed by atoms with Crippen molar-refractivity contribution in [1.82, 2.24) is 4.90 Å². The summed E-state index contributed by atoms with van der Waals surface area (Å²) in [5.74, 6) is 2.93. The molecule has 136 valence electrons. The largest absolute Gasteiger partial charge is 0.493 e. The quantitative estimate of drug-likeness (QED) is 0.894. The van der Waals surface area contributed by atoms with Crippen molar-refractivity contribution in [3.8, 4) is 34.1 Å². The average Bonchev–Trinajstić information content (AvgIpc) is 3.12. The van der Waals surface area contributed by atoms with Gasteiger partial charge in [-0.3, -0.25) is 4.90 Å². The van der Waals surface area contributed by atoms with Crippen LogP contribution in [0.2, 0.25) is 0 Å². The Balaban J connectivity index is 1.87. The summed E-state index contributed by atoms with van der Waals surface area (Å²) in [7, 11) is 5.36. The number of aliphatic hydroxyl groups is 1. The zero-order valence-corrected chi connectivity index (χ0v) is 15.0. The van der Waals surface area contributed by atoms with Gasteiger partial charge in [-0.15, -0.1) is 0 Å². The molecule has 2 atom stereocenters. The molecule has 5 rings (SSSR count). The van der Waals surface area contributed by atoms with Crippen LogP contribution in [0.15, 0.2) is 18.2 Å². The normalized spacial score (nSPS) is 22.6. The molecule has 3 aliphatic rings. The third-order valence-electron chi connectivity index (χ3n) is 5.74. The molecule has 0 amide bonds. The highest BCUT2D eigenvalue weighted by Gasteiger charge is 2.41. The minimum atomic E-state index is -0.541. The fourth-order valence-electron chi connectivity index (χ4n) is 4.58. The monoisotopic (exact) mass is 355 g/mol. The molecule has 1 aliphatic carbocycles. The number of fused-ring (bicyclic) bond motifs is 4. The van der Waals surface area contributed by atoms with Gasteiger partial charge in [0.05, 0.1) is 20.3 Å². The number of hydrogen-bond acceptors (Lipinski definition) is 6. The fourth-order valence-corrected chi connectivity index (χ4v) is 4.58. The van der Waals surface area contributed by atoms with Crippen molar-refractivity contribution in [2.45, 2.75) is 18.6 Å². The van der Waals surface area contributed by atoms with Crippen molar-refractivity contribution >= 4 is 0 Å². The summed E-state index contributed by atoms with van der Waals surface area (Å²) in [5, 5.41) is 10.7. The number of nitrogens with zero attached hydrogens (tertiary/aromatic N) is 1. The van der Waals surface area contributed by atoms with Crippen LogP contribution >= 0.6 is 0 Å². The van der Waals surface area contributed by atoms with Crippen molar-refractivity contribution in [2.75, 3.05) is 34.6 Å². The van der Waals surface area contributed by atoms with E-state index in [1.54, 1.807) is 14.2 Å². The molecule has 0 spiro atoms. The number of benzene rings is 2. The second-order valence-electron chi connectivity index (χ2n) is 6.99. The van der Waals surface area contributed by atoms with E-state index in [1.165, 1.54) is 0 Å². The first-order chi connectivity index (χ1) is 12.6. The van der Waals surface area contributed by atoms with Crippen molar-refractivity contribution in [2.24, 2.45) is 0 Å². The highest BCUT2D eigenvalue weighted by molar-refractivity contribution is 5.86. The van der Waals surface area contributed by atoms with Crippen LogP contribution in [0.5, 0.6) is 23.0 Å². The maximum absolute atomic E-state index is 10.7. The molecule has 2 aromatic carbocycles. The van der Waals surface area contributed by atoms with Gasteiger partial charge in [0.1, 0.15) is 0 Å². The molecule has 0 aromatic heterocycles. The van der Waals surface area contributed by atoms with Gasteiger partial charge in [-0.1, -0.05) is 0 Å². The lowest BCUT2D eigenvalue weighted by Gasteiger charge is -2.42. The van der Waals surface area contributed by atoms with Crippen LogP contribution in [0.25, 0.3) is 11.1 Å². The van der Waals surface area contributed by atoms with E-state index in [-0.39, 0.29) is 12.8 Å². The number of rotatable bonds is 2. The van der Waals surface area contributed by atoms with Crippen LogP contribution in [0.4, 0.5) is 0 Å². The summed E-state index contributed by atoms with van der Waals surface area (Å²) >= 11 is 0. The lowest BCUT2D eigenvalue weighted by molar-refractivity contribution is 0.0829. The molecule has 1 N–H and O–H groups in total. The number of hydrogen-bond donors (Lipinski definition) is 1. The summed E-state index contributed by atoms with van der Waals surface area (Å²) in [6.07, 6.45) is 0.250. The molecule has 0 unspecified atom stereocenters. The maximum Gasteiger partial charge on any atom is 0.231 e. The lowest BCUT2D eigenvalue weighted by Crippen LogP contribution is -2.38. The highest BCUT2D eigenvalue weighted by Crippen LogP contribution is 2.57. The molecule has 2 heterocycles. The molecule has 0 bridgehead atoms. The lowest BCUT2D eigenvalue weighted by atomic mass is 9.75. The molecule has 2 aliphatic heterocycles. The molecular formula is C20H21NO5. The Kier molecular flexibility index (Phi) is 3.36. The van der Waals surface area contributed by atoms with E-state index in [2.05, 4.69) is 4.90 Å². The van der Waals surface area contributed by atoms with E-state index < -0.39 is 6.10 Å². The van der Waals surface area contributed by atoms with E-state index in [0.717, 1.165) is 51.5 Å². The third-order valence-corrected chi connectivity index (χ3v) is 5.74. The van der Waals surface area contributed by atoms with Crippen LogP contribution < -0.4 is 18.9 Å². The Morgan fingerprint density at radius 3 is 2.81 bits per heavy atom. The minimum absolute atomic E-state index is 0.145. The second-order valence-corrected chi connectivity index (χ2v) is 6.99. The van der Waals surface area contributed by atoms with Gasteiger partial charge >= 0.3 is 0 Å². The van der Waals surface area contributed by atoms with E-state index in [0.29, 0.717) is 12.3 Å². The standard InChI is InChI=1S/C20H21NO5/c1-21-8-14(22)12-7-16-20(26-9-25-16)18-10-4-5-15(23-2)19(24-3)11(10)6-13(21)17(12)18/h4-5,7,13-14,22H,6,8-9H2,1-3H3/t13-,14+/m0/s1. The molecule has 0 saturated carbocycles. The smallest absolute Gasteiger partial charge is 0.231 e. The molecule has 26 heavy (non-hydrogen) atoms. The fraction of sp³-hybridized carbons (Fsp3) is 0.400. The minimum Gasteiger partial charge on any atom is -0.493 e. The molecule has 0 radical (unpaired) electrons. The van der Waals surface area contributed by atoms with Gasteiger partial charge in [0, 0.05) is 23.7 Å². The Morgan fingerprint density at radius 1 is 1.19 bits per heavy atom. The Hall–Kier alpha value is -2.44. The van der Waals surface area contributed by atoms with Crippen molar-refractivity contribution in [3.63, 3.8) is 0 Å². The third kappa shape index (κ3) is 1.94. The molecule has 6 heteroatoms. The number of β-amino-alcohol motifs (C(OH)–C–C–N with tert-alkyl or cyclic N) is 1. The second kappa shape index (κ2) is 5.53. The van der Waals surface area contributed by atoms with E-state index >= 15 is 0 Å². The van der Waals surface area contributed by atoms with Crippen LogP contribution in [-0.2, 0) is 6.42 Å². The number of aliphatic hydroxyl groups excluding tert-OH is 1. The first-order valence-corrected chi connectivity index (χ1v) is 8.73. The van der Waals surface area contributed by atoms with Gasteiger partial charge in [-0.25, -0.2) is 0 Å². The van der Waals surface area contributed by atoms with Crippen LogP contribution in [-0.4, -0.2) is 44.6 Å². The number of ether oxygens (including phenoxy) is 4. The summed E-state index contributed by atoms with van der Waals surface area (Å²) in [6.45, 7) is 0.781. The Morgan fingerprint density at radius 2 is 2.04 bits per heavy atom. The average molecular weight is 355 g/mol. The Bertz CT molecular complexity index is 910. The first kappa shape index (κ1) is 15.8. The maximum atomic E-state index is 10.7. The predicted octanol–water partition coefficient (Wildman–Crippen LogP) is 2.68. The van der Waals surface area contributed by atoms with Gasteiger partial charge in [0.2, 0.25) is 6.79 Å². The van der Waals surface area contributed by atoms with Crippen molar-refractivity contribution in [1.29, 1.82) is 0 Å². The molecular weight excluding hydrogens is 334 g/mol. The first-order valence-electron chi connectivity index (χ1n) is 8.73. The van der Waals surface area contributed by atoms with Crippen LogP contribution in [0.1, 0.15) is 28.8 Å². The SMILES string of the molecule is COc1ccc2c(c1OC)C[C@H]1c3c(cc4c(c3-2)OCO4)[C@H](O)CN1C. The van der Waals surface area contributed by atoms with E-state index in [4.69, 9.17) is 18.9 Å². The van der Waals surface area contributed by atoms with Gasteiger partial charge < -0.3 is 24.1 Å². The van der Waals surface area contributed by atoms with E-state index in [1.807, 2.05) is 25.2 Å². The zero-order chi connectivity index (χ0) is 18.0. The van der Waals surface area contributed by atoms with Gasteiger partial charge in [0.25, 0.3) is 0 Å². The molecule has 6 nitrogen and oxygen atoms in total. The van der Waals surface area contributed by atoms with Crippen molar-refractivity contribution < 1.29 is 24.1 Å². The molecule has 0 saturated heterocycles. The van der Waals surface area contributed by atoms with Gasteiger partial charge in [-0.2, -0.15) is 0 Å². The predicted molar refractivity (Wildman–Crippen MR) is 95.1 cm³/mol. The summed E-state index contributed by atoms with van der Waals surface area (Å²) in [4.78, 5) is 2.19. The van der Waals surface area contributed by atoms with Crippen molar-refractivity contribution in [3.05, 3.63) is 34.9 Å². The molecule has 2 aromatic rings.